The first-order valence-corrected chi connectivity index (χ1v) is 3.66. The fraction of sp³-hybridized carbons (Fsp3) is 0.333. The highest BCUT2D eigenvalue weighted by atomic mass is 14.7. The van der Waals surface area contributed by atoms with Crippen LogP contribution in [0.2, 0.25) is 0 Å². The molecule has 0 N–H and O–H groups in total. The zero-order chi connectivity index (χ0) is 7.94. The van der Waals surface area contributed by atoms with Crippen LogP contribution in [0.15, 0.2) is 28.9 Å². The van der Waals surface area contributed by atoms with E-state index in [0.29, 0.717) is 6.54 Å². The van der Waals surface area contributed by atoms with Crippen molar-refractivity contribution >= 4 is 6.21 Å². The van der Waals surface area contributed by atoms with Crippen LogP contribution < -0.4 is 0 Å². The highest BCUT2D eigenvalue weighted by Gasteiger charge is 2.00. The predicted octanol–water partition coefficient (Wildman–Crippen LogP) is 2.25. The van der Waals surface area contributed by atoms with Crippen LogP contribution in [0, 0.1) is 6.57 Å². The summed E-state index contributed by atoms with van der Waals surface area (Å²) in [5.41, 5.74) is 1.26. The summed E-state index contributed by atoms with van der Waals surface area (Å²) >= 11 is 0. The van der Waals surface area contributed by atoms with Crippen molar-refractivity contribution in [3.8, 4) is 6.57 Å². The Morgan fingerprint density at radius 3 is 3.36 bits per heavy atom. The zero-order valence-electron chi connectivity index (χ0n) is 6.40. The second kappa shape index (κ2) is 4.45. The quantitative estimate of drug-likeness (QED) is 0.541. The molecule has 0 bridgehead atoms. The van der Waals surface area contributed by atoms with Gasteiger partial charge in [-0.1, -0.05) is 10.9 Å². The Morgan fingerprint density at radius 1 is 1.64 bits per heavy atom. The molecule has 1 aliphatic heterocycles. The van der Waals surface area contributed by atoms with E-state index in [2.05, 4.69) is 9.84 Å². The maximum Gasteiger partial charge on any atom is 0.284 e. The van der Waals surface area contributed by atoms with Gasteiger partial charge in [-0.3, -0.25) is 4.99 Å². The Morgan fingerprint density at radius 2 is 2.55 bits per heavy atom. The Bertz CT molecular complexity index is 241. The predicted molar refractivity (Wildman–Crippen MR) is 48.1 cm³/mol. The van der Waals surface area contributed by atoms with E-state index >= 15 is 0 Å². The van der Waals surface area contributed by atoms with E-state index in [1.165, 1.54) is 5.57 Å². The molecule has 0 atom stereocenters. The average Bonchev–Trinajstić information content (AvgIpc) is 1.94. The molecule has 0 radical (unpaired) electrons. The van der Waals surface area contributed by atoms with Gasteiger partial charge in [0.2, 0.25) is 0 Å². The lowest BCUT2D eigenvalue weighted by Crippen LogP contribution is -1.89. The maximum atomic E-state index is 5.08. The first kappa shape index (κ1) is 7.74. The van der Waals surface area contributed by atoms with Crippen molar-refractivity contribution in [2.24, 2.45) is 4.99 Å². The summed E-state index contributed by atoms with van der Waals surface area (Å²) < 4.78 is 0. The highest BCUT2D eigenvalue weighted by molar-refractivity contribution is 5.59. The molecule has 2 heteroatoms. The van der Waals surface area contributed by atoms with Crippen molar-refractivity contribution in [1.29, 1.82) is 0 Å². The number of hydrogen-bond acceptors (Lipinski definition) is 1. The minimum Gasteiger partial charge on any atom is -0.269 e. The molecule has 0 aliphatic carbocycles. The highest BCUT2D eigenvalue weighted by Crippen LogP contribution is 2.06. The van der Waals surface area contributed by atoms with E-state index in [-0.39, 0.29) is 0 Å². The van der Waals surface area contributed by atoms with Gasteiger partial charge in [0.1, 0.15) is 0 Å². The van der Waals surface area contributed by atoms with Gasteiger partial charge >= 0.3 is 0 Å². The van der Waals surface area contributed by atoms with Crippen molar-refractivity contribution in [2.75, 3.05) is 6.54 Å². The molecule has 0 aromatic rings. The Labute approximate surface area is 66.8 Å². The van der Waals surface area contributed by atoms with E-state index < -0.39 is 0 Å². The van der Waals surface area contributed by atoms with E-state index in [0.717, 1.165) is 12.8 Å². The summed E-state index contributed by atoms with van der Waals surface area (Å²) in [6.07, 6.45) is 9.60. The van der Waals surface area contributed by atoms with Crippen molar-refractivity contribution in [1.82, 2.24) is 0 Å². The minimum absolute atomic E-state index is 0.637. The lowest BCUT2D eigenvalue weighted by Gasteiger charge is -1.95. The van der Waals surface area contributed by atoms with Crippen LogP contribution >= 0.6 is 0 Å². The minimum atomic E-state index is 0.637. The first-order valence-electron chi connectivity index (χ1n) is 3.66. The van der Waals surface area contributed by atoms with Crippen LogP contribution in [0.1, 0.15) is 12.8 Å². The summed E-state index contributed by atoms with van der Waals surface area (Å²) in [7, 11) is 0. The van der Waals surface area contributed by atoms with Crippen molar-refractivity contribution in [3.05, 3.63) is 28.8 Å². The molecule has 0 saturated carbocycles. The fourth-order valence-electron chi connectivity index (χ4n) is 0.946. The van der Waals surface area contributed by atoms with Crippen molar-refractivity contribution < 1.29 is 0 Å². The van der Waals surface area contributed by atoms with Gasteiger partial charge in [0.05, 0.1) is 0 Å². The molecule has 2 nitrogen and oxygen atoms in total. The molecular weight excluding hydrogens is 136 g/mol. The van der Waals surface area contributed by atoms with E-state index in [9.17, 15) is 0 Å². The standard InChI is InChI=1S/C9H11N2/c1-10-8-9-4-2-6-11-7-3-5-9/h1-2,4,6-7H,3,5,8H2/q+1. The molecule has 0 fully saturated rings. The van der Waals surface area contributed by atoms with Crippen molar-refractivity contribution in [2.45, 2.75) is 12.8 Å². The van der Waals surface area contributed by atoms with E-state index in [1.807, 2.05) is 18.4 Å². The smallest absolute Gasteiger partial charge is 0.269 e. The monoisotopic (exact) mass is 147 g/mol. The molecule has 1 aliphatic rings. The van der Waals surface area contributed by atoms with Gasteiger partial charge in [-0.15, -0.1) is 0 Å². The second-order valence-corrected chi connectivity index (χ2v) is 2.38. The summed E-state index contributed by atoms with van der Waals surface area (Å²) in [4.78, 5) is 7.60. The van der Waals surface area contributed by atoms with Gasteiger partial charge in [-0.2, -0.15) is 0 Å². The lowest BCUT2D eigenvalue weighted by atomic mass is 10.1. The normalized spacial score (nSPS) is 16.5. The Hall–Kier alpha value is -1.36. The molecule has 56 valence electrons. The topological polar surface area (TPSA) is 16.7 Å². The van der Waals surface area contributed by atoms with Crippen LogP contribution in [0.3, 0.4) is 0 Å². The molecule has 0 unspecified atom stereocenters. The molecule has 0 amide bonds. The third kappa shape index (κ3) is 2.81. The lowest BCUT2D eigenvalue weighted by molar-refractivity contribution is 1.00. The summed E-state index contributed by atoms with van der Waals surface area (Å²) in [5.74, 6) is 0. The zero-order valence-corrected chi connectivity index (χ0v) is 6.40. The van der Waals surface area contributed by atoms with Gasteiger partial charge in [-0.05, 0) is 18.9 Å². The van der Waals surface area contributed by atoms with E-state index in [4.69, 9.17) is 6.57 Å². The van der Waals surface area contributed by atoms with Gasteiger partial charge in [-0.25, -0.2) is 0 Å². The SMILES string of the molecule is C#[N+]CC1=CC=CN=CCC1. The maximum absolute atomic E-state index is 5.08. The Balaban J connectivity index is 2.59. The third-order valence-electron chi connectivity index (χ3n) is 1.50. The molecule has 0 aromatic carbocycles. The van der Waals surface area contributed by atoms with Gasteiger partial charge < -0.3 is 0 Å². The van der Waals surface area contributed by atoms with Gasteiger partial charge in [0.25, 0.3) is 13.1 Å². The van der Waals surface area contributed by atoms with Crippen LogP contribution in [0.25, 0.3) is 4.85 Å². The van der Waals surface area contributed by atoms with Gasteiger partial charge in [0, 0.05) is 18.0 Å². The van der Waals surface area contributed by atoms with Crippen LogP contribution in [0.4, 0.5) is 0 Å². The molecular formula is C9H11N2+. The fourth-order valence-corrected chi connectivity index (χ4v) is 0.946. The molecule has 1 rings (SSSR count). The third-order valence-corrected chi connectivity index (χ3v) is 1.50. The van der Waals surface area contributed by atoms with Crippen molar-refractivity contribution in [3.63, 3.8) is 0 Å². The van der Waals surface area contributed by atoms with Crippen LogP contribution in [0.5, 0.6) is 0 Å². The van der Waals surface area contributed by atoms with Crippen LogP contribution in [-0.2, 0) is 0 Å². The Kier molecular flexibility index (Phi) is 3.14. The molecule has 1 heterocycles. The second-order valence-electron chi connectivity index (χ2n) is 2.38. The first-order chi connectivity index (χ1) is 5.43. The van der Waals surface area contributed by atoms with Gasteiger partial charge in [0.15, 0.2) is 0 Å². The number of nitrogens with zero attached hydrogens (tertiary/aromatic N) is 2. The molecule has 0 aromatic heterocycles. The van der Waals surface area contributed by atoms with Crippen LogP contribution in [-0.4, -0.2) is 12.8 Å². The summed E-state index contributed by atoms with van der Waals surface area (Å²) in [6.45, 7) is 5.71. The number of hydrogen-bond donors (Lipinski definition) is 0. The summed E-state index contributed by atoms with van der Waals surface area (Å²) in [5, 5.41) is 0. The molecule has 0 spiro atoms. The molecule has 11 heavy (non-hydrogen) atoms. The average molecular weight is 147 g/mol. The van der Waals surface area contributed by atoms with E-state index in [1.54, 1.807) is 6.20 Å². The largest absolute Gasteiger partial charge is 0.284 e. The summed E-state index contributed by atoms with van der Waals surface area (Å²) in [6, 6.07) is 0. The number of aliphatic imine (C=N–C) groups is 1. The number of allylic oxidation sites excluding steroid dienone is 2. The number of rotatable bonds is 1. The molecule has 0 saturated heterocycles.